The minimum absolute atomic E-state index is 0.321. The highest BCUT2D eigenvalue weighted by molar-refractivity contribution is 6.30. The first-order valence-electron chi connectivity index (χ1n) is 11.6. The van der Waals surface area contributed by atoms with E-state index in [9.17, 15) is 5.11 Å². The molecule has 2 fully saturated rings. The van der Waals surface area contributed by atoms with Crippen LogP contribution in [-0.2, 0) is 13.1 Å². The molecule has 5 nitrogen and oxygen atoms in total. The molecule has 0 spiro atoms. The zero-order chi connectivity index (χ0) is 21.6. The van der Waals surface area contributed by atoms with Gasteiger partial charge in [-0.15, -0.1) is 0 Å². The predicted octanol–water partition coefficient (Wildman–Crippen LogP) is 4.25. The van der Waals surface area contributed by atoms with Crippen LogP contribution in [0.3, 0.4) is 0 Å². The lowest BCUT2D eigenvalue weighted by Crippen LogP contribution is -2.47. The molecular weight excluding hydrogens is 408 g/mol. The molecule has 0 bridgehead atoms. The smallest absolute Gasteiger partial charge is 0.120 e. The van der Waals surface area contributed by atoms with E-state index in [0.29, 0.717) is 23.2 Å². The van der Waals surface area contributed by atoms with Crippen molar-refractivity contribution in [2.45, 2.75) is 44.8 Å². The van der Waals surface area contributed by atoms with Crippen LogP contribution >= 0.6 is 11.6 Å². The Bertz CT molecular complexity index is 818. The van der Waals surface area contributed by atoms with Crippen molar-refractivity contribution in [2.24, 2.45) is 5.92 Å². The lowest BCUT2D eigenvalue weighted by molar-refractivity contribution is 0.0727. The Kier molecular flexibility index (Phi) is 7.83. The van der Waals surface area contributed by atoms with Gasteiger partial charge < -0.3 is 14.9 Å². The average Bonchev–Trinajstić information content (AvgIpc) is 2.78. The van der Waals surface area contributed by atoms with E-state index in [1.807, 2.05) is 18.5 Å². The number of piperidine rings is 2. The van der Waals surface area contributed by atoms with Gasteiger partial charge in [-0.3, -0.25) is 9.88 Å². The Balaban J connectivity index is 1.37. The molecule has 31 heavy (non-hydrogen) atoms. The first-order valence-corrected chi connectivity index (χ1v) is 12.0. The van der Waals surface area contributed by atoms with Gasteiger partial charge >= 0.3 is 0 Å². The first kappa shape index (κ1) is 22.5. The topological polar surface area (TPSA) is 42.8 Å². The van der Waals surface area contributed by atoms with Crippen molar-refractivity contribution in [3.63, 3.8) is 0 Å². The lowest BCUT2D eigenvalue weighted by Gasteiger charge is -2.42. The summed E-state index contributed by atoms with van der Waals surface area (Å²) in [6.45, 7) is 7.47. The number of hydrogen-bond donors (Lipinski definition) is 1. The van der Waals surface area contributed by atoms with Gasteiger partial charge in [-0.05, 0) is 101 Å². The summed E-state index contributed by atoms with van der Waals surface area (Å²) in [6.07, 6.45) is 8.82. The van der Waals surface area contributed by atoms with Crippen LogP contribution in [0.5, 0.6) is 5.75 Å². The van der Waals surface area contributed by atoms with Crippen LogP contribution in [0, 0.1) is 5.92 Å². The van der Waals surface area contributed by atoms with Crippen LogP contribution in [0.25, 0.3) is 0 Å². The third kappa shape index (κ3) is 6.42. The molecule has 0 atom stereocenters. The van der Waals surface area contributed by atoms with E-state index in [-0.39, 0.29) is 0 Å². The van der Waals surface area contributed by atoms with Gasteiger partial charge in [0.1, 0.15) is 5.75 Å². The predicted molar refractivity (Wildman–Crippen MR) is 126 cm³/mol. The molecule has 0 amide bonds. The highest BCUT2D eigenvalue weighted by atomic mass is 35.5. The van der Waals surface area contributed by atoms with Crippen LogP contribution in [0.2, 0.25) is 5.02 Å². The summed E-state index contributed by atoms with van der Waals surface area (Å²) in [7, 11) is 2.23. The number of aromatic nitrogens is 1. The second-order valence-electron chi connectivity index (χ2n) is 9.31. The SMILES string of the molecule is CN1CCC(N2CCC(CN(Cc3ccncc3)Cc3cc(Cl)ccc3O)CC2)CC1. The molecule has 3 heterocycles. The van der Waals surface area contributed by atoms with Gasteiger partial charge in [0, 0.05) is 48.7 Å². The van der Waals surface area contributed by atoms with E-state index in [0.717, 1.165) is 24.7 Å². The molecule has 2 aliphatic heterocycles. The van der Waals surface area contributed by atoms with Gasteiger partial charge in [0.05, 0.1) is 0 Å². The minimum atomic E-state index is 0.321. The molecule has 168 valence electrons. The van der Waals surface area contributed by atoms with E-state index in [1.165, 1.54) is 57.4 Å². The van der Waals surface area contributed by atoms with Crippen LogP contribution in [-0.4, -0.2) is 70.6 Å². The number of aromatic hydroxyl groups is 1. The summed E-state index contributed by atoms with van der Waals surface area (Å²) < 4.78 is 0. The summed E-state index contributed by atoms with van der Waals surface area (Å²) in [4.78, 5) is 11.8. The van der Waals surface area contributed by atoms with E-state index in [4.69, 9.17) is 11.6 Å². The monoisotopic (exact) mass is 442 g/mol. The van der Waals surface area contributed by atoms with E-state index >= 15 is 0 Å². The molecule has 0 aliphatic carbocycles. The Morgan fingerprint density at radius 3 is 2.42 bits per heavy atom. The maximum Gasteiger partial charge on any atom is 0.120 e. The van der Waals surface area contributed by atoms with Gasteiger partial charge in [0.15, 0.2) is 0 Å². The third-order valence-electron chi connectivity index (χ3n) is 6.96. The highest BCUT2D eigenvalue weighted by Crippen LogP contribution is 2.27. The Hall–Kier alpha value is -1.66. The summed E-state index contributed by atoms with van der Waals surface area (Å²) in [6, 6.07) is 10.3. The van der Waals surface area contributed by atoms with Crippen LogP contribution in [0.1, 0.15) is 36.8 Å². The fourth-order valence-electron chi connectivity index (χ4n) is 5.08. The van der Waals surface area contributed by atoms with Gasteiger partial charge in [-0.1, -0.05) is 11.6 Å². The highest BCUT2D eigenvalue weighted by Gasteiger charge is 2.28. The zero-order valence-electron chi connectivity index (χ0n) is 18.6. The Morgan fingerprint density at radius 2 is 1.71 bits per heavy atom. The normalized spacial score (nSPS) is 19.8. The molecule has 2 aromatic rings. The van der Waals surface area contributed by atoms with E-state index < -0.39 is 0 Å². The number of likely N-dealkylation sites (tertiary alicyclic amines) is 2. The summed E-state index contributed by atoms with van der Waals surface area (Å²) >= 11 is 6.20. The fourth-order valence-corrected chi connectivity index (χ4v) is 5.27. The minimum Gasteiger partial charge on any atom is -0.508 e. The summed E-state index contributed by atoms with van der Waals surface area (Å²) in [5.74, 6) is 1.01. The number of halogens is 1. The molecule has 2 aliphatic rings. The molecule has 1 aromatic heterocycles. The largest absolute Gasteiger partial charge is 0.508 e. The van der Waals surface area contributed by atoms with Crippen LogP contribution < -0.4 is 0 Å². The number of pyridine rings is 1. The number of nitrogens with zero attached hydrogens (tertiary/aromatic N) is 4. The van der Waals surface area contributed by atoms with Crippen molar-refractivity contribution >= 4 is 11.6 Å². The number of benzene rings is 1. The molecule has 0 radical (unpaired) electrons. The molecular formula is C25H35ClN4O. The van der Waals surface area contributed by atoms with Gasteiger partial charge in [0.2, 0.25) is 0 Å². The number of rotatable bonds is 7. The number of phenolic OH excluding ortho intramolecular Hbond substituents is 1. The van der Waals surface area contributed by atoms with Gasteiger partial charge in [0.25, 0.3) is 0 Å². The van der Waals surface area contributed by atoms with Crippen molar-refractivity contribution in [3.8, 4) is 5.75 Å². The Morgan fingerprint density at radius 1 is 1.00 bits per heavy atom. The van der Waals surface area contributed by atoms with Gasteiger partial charge in [-0.2, -0.15) is 0 Å². The van der Waals surface area contributed by atoms with Crippen LogP contribution in [0.15, 0.2) is 42.7 Å². The molecule has 1 N–H and O–H groups in total. The maximum absolute atomic E-state index is 10.3. The van der Waals surface area contributed by atoms with Crippen molar-refractivity contribution in [1.82, 2.24) is 19.7 Å². The van der Waals surface area contributed by atoms with Crippen LogP contribution in [0.4, 0.5) is 0 Å². The maximum atomic E-state index is 10.3. The second-order valence-corrected chi connectivity index (χ2v) is 9.75. The van der Waals surface area contributed by atoms with Crippen molar-refractivity contribution in [1.29, 1.82) is 0 Å². The quantitative estimate of drug-likeness (QED) is 0.694. The summed E-state index contributed by atoms with van der Waals surface area (Å²) in [5, 5.41) is 11.0. The number of hydrogen-bond acceptors (Lipinski definition) is 5. The lowest BCUT2D eigenvalue weighted by atomic mass is 9.92. The van der Waals surface area contributed by atoms with Gasteiger partial charge in [-0.25, -0.2) is 0 Å². The van der Waals surface area contributed by atoms with E-state index in [1.54, 1.807) is 12.1 Å². The summed E-state index contributed by atoms with van der Waals surface area (Å²) in [5.41, 5.74) is 2.14. The number of phenols is 1. The zero-order valence-corrected chi connectivity index (χ0v) is 19.3. The second kappa shape index (κ2) is 10.8. The fraction of sp³-hybridized carbons (Fsp3) is 0.560. The van der Waals surface area contributed by atoms with Crippen molar-refractivity contribution in [2.75, 3.05) is 39.8 Å². The standard InChI is InChI=1S/C25H35ClN4O/c1-28-12-8-24(9-13-28)30-14-6-21(7-15-30)18-29(17-20-4-10-27-11-5-20)19-22-16-23(26)2-3-25(22)31/h2-5,10-11,16,21,24,31H,6-9,12-15,17-19H2,1H3. The molecule has 0 unspecified atom stereocenters. The first-order chi connectivity index (χ1) is 15.1. The Labute approximate surface area is 191 Å². The average molecular weight is 443 g/mol. The van der Waals surface area contributed by atoms with Crippen molar-refractivity contribution in [3.05, 3.63) is 58.9 Å². The van der Waals surface area contributed by atoms with Crippen molar-refractivity contribution < 1.29 is 5.11 Å². The molecule has 2 saturated heterocycles. The van der Waals surface area contributed by atoms with E-state index in [2.05, 4.69) is 38.9 Å². The molecule has 4 rings (SSSR count). The molecule has 6 heteroatoms. The molecule has 0 saturated carbocycles. The molecule has 1 aromatic carbocycles. The third-order valence-corrected chi connectivity index (χ3v) is 7.20.